The Kier molecular flexibility index (Phi) is 6.27. The summed E-state index contributed by atoms with van der Waals surface area (Å²) >= 11 is 5.92. The van der Waals surface area contributed by atoms with Crippen molar-refractivity contribution >= 4 is 24.4 Å². The summed E-state index contributed by atoms with van der Waals surface area (Å²) in [6.07, 6.45) is 0. The third kappa shape index (κ3) is 4.81. The Morgan fingerprint density at radius 1 is 1.75 bits per heavy atom. The van der Waals surface area contributed by atoms with Crippen LogP contribution in [0.5, 0.6) is 0 Å². The van der Waals surface area contributed by atoms with Gasteiger partial charge in [0.1, 0.15) is 0 Å². The molecule has 0 aliphatic rings. The highest BCUT2D eigenvalue weighted by molar-refractivity contribution is 7.99. The first-order valence-electron chi connectivity index (χ1n) is 2.75. The molecule has 0 fully saturated rings. The van der Waals surface area contributed by atoms with Crippen LogP contribution in [0.25, 0.3) is 0 Å². The van der Waals surface area contributed by atoms with Gasteiger partial charge in [-0.1, -0.05) is 6.92 Å². The van der Waals surface area contributed by atoms with Crippen molar-refractivity contribution in [2.45, 2.75) is 13.0 Å². The normalized spacial score (nSPS) is 13.9. The zero-order chi connectivity index (χ0) is 6.41. The molecule has 0 heterocycles. The Balaban J connectivity index is 2.86. The van der Waals surface area contributed by atoms with E-state index >= 15 is 0 Å². The second-order valence-electron chi connectivity index (χ2n) is 1.60. The number of thioether (sulfide) groups is 1. The second-order valence-corrected chi connectivity index (χ2v) is 3.29. The molecule has 1 unspecified atom stereocenters. The van der Waals surface area contributed by atoms with E-state index in [1.54, 1.807) is 0 Å². The van der Waals surface area contributed by atoms with Gasteiger partial charge in [0.05, 0.1) is 0 Å². The summed E-state index contributed by atoms with van der Waals surface area (Å²) in [6.45, 7) is 2.13. The van der Waals surface area contributed by atoms with E-state index in [9.17, 15) is 0 Å². The molecule has 8 heavy (non-hydrogen) atoms. The van der Waals surface area contributed by atoms with Crippen LogP contribution in [0, 0.1) is 0 Å². The Bertz CT molecular complexity index is 49.7. The first kappa shape index (κ1) is 8.66. The Morgan fingerprint density at radius 3 is 2.75 bits per heavy atom. The Labute approximate surface area is 60.8 Å². The molecule has 2 N–H and O–H groups in total. The molecule has 0 aromatic rings. The lowest BCUT2D eigenvalue weighted by Gasteiger charge is -2.04. The molecule has 0 saturated carbocycles. The molecule has 0 rings (SSSR count). The van der Waals surface area contributed by atoms with E-state index in [0.29, 0.717) is 0 Å². The van der Waals surface area contributed by atoms with Crippen molar-refractivity contribution in [1.82, 2.24) is 0 Å². The molecule has 0 aliphatic carbocycles. The third-order valence-electron chi connectivity index (χ3n) is 0.771. The van der Waals surface area contributed by atoms with Crippen LogP contribution in [0.2, 0.25) is 0 Å². The summed E-state index contributed by atoms with van der Waals surface area (Å²) in [5.74, 6) is 2.99. The van der Waals surface area contributed by atoms with Crippen LogP contribution >= 0.6 is 24.4 Å². The first-order valence-corrected chi connectivity index (χ1v) is 4.54. The largest absolute Gasteiger partial charge is 0.326 e. The van der Waals surface area contributed by atoms with Gasteiger partial charge in [0, 0.05) is 17.5 Å². The molecule has 0 aromatic carbocycles. The number of thiol groups is 1. The minimum absolute atomic E-state index is 0.281. The van der Waals surface area contributed by atoms with E-state index in [1.807, 2.05) is 11.8 Å². The van der Waals surface area contributed by atoms with Gasteiger partial charge in [-0.3, -0.25) is 0 Å². The molecule has 0 amide bonds. The summed E-state index contributed by atoms with van der Waals surface area (Å²) < 4.78 is 0. The van der Waals surface area contributed by atoms with Crippen molar-refractivity contribution in [1.29, 1.82) is 0 Å². The van der Waals surface area contributed by atoms with Gasteiger partial charge in [0.2, 0.25) is 0 Å². The summed E-state index contributed by atoms with van der Waals surface area (Å²) in [7, 11) is 0. The zero-order valence-electron chi connectivity index (χ0n) is 5.13. The highest BCUT2D eigenvalue weighted by Crippen LogP contribution is 2.00. The highest BCUT2D eigenvalue weighted by atomic mass is 32.2. The molecule has 0 radical (unpaired) electrons. The minimum atomic E-state index is 0.281. The lowest BCUT2D eigenvalue weighted by molar-refractivity contribution is 0.863. The van der Waals surface area contributed by atoms with E-state index < -0.39 is 0 Å². The van der Waals surface area contributed by atoms with Crippen LogP contribution in [0.1, 0.15) is 6.92 Å². The lowest BCUT2D eigenvalue weighted by Crippen LogP contribution is -2.24. The monoisotopic (exact) mass is 151 g/mol. The molecule has 50 valence electrons. The molecular formula is C5H13NS2. The van der Waals surface area contributed by atoms with E-state index in [0.717, 1.165) is 17.3 Å². The molecule has 3 heteroatoms. The summed E-state index contributed by atoms with van der Waals surface area (Å²) in [5, 5.41) is 0. The quantitative estimate of drug-likeness (QED) is 0.586. The maximum atomic E-state index is 5.56. The average molecular weight is 151 g/mol. The predicted octanol–water partition coefficient (Wildman–Crippen LogP) is 0.997. The number of hydrogen-bond donors (Lipinski definition) is 2. The molecule has 0 saturated heterocycles. The molecule has 0 spiro atoms. The average Bonchev–Trinajstić information content (AvgIpc) is 1.83. The highest BCUT2D eigenvalue weighted by Gasteiger charge is 1.95. The zero-order valence-corrected chi connectivity index (χ0v) is 6.84. The summed E-state index contributed by atoms with van der Waals surface area (Å²) in [6, 6.07) is 0.281. The first-order chi connectivity index (χ1) is 3.81. The fraction of sp³-hybridized carbons (Fsp3) is 1.00. The van der Waals surface area contributed by atoms with Gasteiger partial charge < -0.3 is 5.73 Å². The Hall–Kier alpha value is 0.660. The number of nitrogens with two attached hydrogens (primary N) is 1. The van der Waals surface area contributed by atoms with Crippen LogP contribution in [0.15, 0.2) is 0 Å². The lowest BCUT2D eigenvalue weighted by atomic mass is 10.4. The molecule has 1 nitrogen and oxygen atoms in total. The van der Waals surface area contributed by atoms with E-state index in [-0.39, 0.29) is 6.04 Å². The van der Waals surface area contributed by atoms with Gasteiger partial charge in [-0.15, -0.1) is 0 Å². The van der Waals surface area contributed by atoms with Crippen LogP contribution in [-0.4, -0.2) is 23.3 Å². The van der Waals surface area contributed by atoms with E-state index in [4.69, 9.17) is 5.73 Å². The smallest absolute Gasteiger partial charge is 0.0219 e. The van der Waals surface area contributed by atoms with Gasteiger partial charge in [-0.05, 0) is 5.75 Å². The van der Waals surface area contributed by atoms with E-state index in [1.165, 1.54) is 0 Å². The SMILES string of the molecule is CCSCC(N)CS. The van der Waals surface area contributed by atoms with Gasteiger partial charge >= 0.3 is 0 Å². The van der Waals surface area contributed by atoms with Crippen molar-refractivity contribution in [3.05, 3.63) is 0 Å². The van der Waals surface area contributed by atoms with Gasteiger partial charge in [0.25, 0.3) is 0 Å². The molecule has 0 aliphatic heterocycles. The predicted molar refractivity (Wildman–Crippen MR) is 44.8 cm³/mol. The van der Waals surface area contributed by atoms with Crippen molar-refractivity contribution in [3.63, 3.8) is 0 Å². The Morgan fingerprint density at radius 2 is 2.38 bits per heavy atom. The van der Waals surface area contributed by atoms with E-state index in [2.05, 4.69) is 19.6 Å². The topological polar surface area (TPSA) is 26.0 Å². The molecular weight excluding hydrogens is 138 g/mol. The molecule has 0 aromatic heterocycles. The van der Waals surface area contributed by atoms with Gasteiger partial charge in [-0.25, -0.2) is 0 Å². The third-order valence-corrected chi connectivity index (χ3v) is 2.31. The number of hydrogen-bond acceptors (Lipinski definition) is 3. The van der Waals surface area contributed by atoms with Crippen LogP contribution in [0.4, 0.5) is 0 Å². The van der Waals surface area contributed by atoms with Crippen molar-refractivity contribution in [3.8, 4) is 0 Å². The van der Waals surface area contributed by atoms with Gasteiger partial charge in [-0.2, -0.15) is 24.4 Å². The maximum Gasteiger partial charge on any atom is 0.0219 e. The minimum Gasteiger partial charge on any atom is -0.326 e. The molecule has 1 atom stereocenters. The summed E-state index contributed by atoms with van der Waals surface area (Å²) in [4.78, 5) is 0. The van der Waals surface area contributed by atoms with Crippen LogP contribution < -0.4 is 5.73 Å². The molecule has 0 bridgehead atoms. The second kappa shape index (κ2) is 5.79. The van der Waals surface area contributed by atoms with Crippen LogP contribution in [-0.2, 0) is 0 Å². The fourth-order valence-electron chi connectivity index (χ4n) is 0.322. The summed E-state index contributed by atoms with van der Waals surface area (Å²) in [5.41, 5.74) is 5.56. The number of rotatable bonds is 4. The standard InChI is InChI=1S/C5H13NS2/c1-2-8-4-5(6)3-7/h5,7H,2-4,6H2,1H3. The van der Waals surface area contributed by atoms with Crippen molar-refractivity contribution in [2.24, 2.45) is 5.73 Å². The van der Waals surface area contributed by atoms with Crippen LogP contribution in [0.3, 0.4) is 0 Å². The maximum absolute atomic E-state index is 5.56. The fourth-order valence-corrected chi connectivity index (χ4v) is 1.28. The van der Waals surface area contributed by atoms with Crippen molar-refractivity contribution < 1.29 is 0 Å². The van der Waals surface area contributed by atoms with Crippen molar-refractivity contribution in [2.75, 3.05) is 17.3 Å². The van der Waals surface area contributed by atoms with Gasteiger partial charge in [0.15, 0.2) is 0 Å².